The number of rotatable bonds is 4. The fraction of sp³-hybridized carbons (Fsp3) is 0.286. The normalized spacial score (nSPS) is 11.2. The van der Waals surface area contributed by atoms with E-state index in [1.807, 2.05) is 26.0 Å². The maximum absolute atomic E-state index is 11.7. The highest BCUT2D eigenvalue weighted by atomic mass is 35.5. The van der Waals surface area contributed by atoms with E-state index in [0.29, 0.717) is 5.02 Å². The van der Waals surface area contributed by atoms with Crippen molar-refractivity contribution in [2.24, 2.45) is 0 Å². The van der Waals surface area contributed by atoms with Gasteiger partial charge in [-0.25, -0.2) is 9.59 Å². The largest absolute Gasteiger partial charge is 0.466 e. The van der Waals surface area contributed by atoms with E-state index in [2.05, 4.69) is 9.47 Å². The topological polar surface area (TPSA) is 52.6 Å². The van der Waals surface area contributed by atoms with Gasteiger partial charge in [0.1, 0.15) is 4.91 Å². The molecule has 1 aromatic rings. The summed E-state index contributed by atoms with van der Waals surface area (Å²) in [7, 11) is 2.50. The number of methoxy groups -OCH3 is 2. The van der Waals surface area contributed by atoms with E-state index < -0.39 is 11.9 Å². The molecule has 0 fully saturated rings. The van der Waals surface area contributed by atoms with Crippen LogP contribution in [0.5, 0.6) is 0 Å². The van der Waals surface area contributed by atoms with Crippen molar-refractivity contribution < 1.29 is 19.1 Å². The average Bonchev–Trinajstić information content (AvgIpc) is 2.42. The van der Waals surface area contributed by atoms with Gasteiger partial charge >= 0.3 is 11.9 Å². The second-order valence-corrected chi connectivity index (χ2v) is 5.48. The molecule has 4 nitrogen and oxygen atoms in total. The molecule has 0 saturated heterocycles. The molecule has 0 spiro atoms. The van der Waals surface area contributed by atoms with E-state index in [0.717, 1.165) is 33.9 Å². The van der Waals surface area contributed by atoms with Crippen LogP contribution >= 0.6 is 23.4 Å². The predicted octanol–water partition coefficient (Wildman–Crippen LogP) is 3.28. The second kappa shape index (κ2) is 7.36. The Hall–Kier alpha value is -1.46. The highest BCUT2D eigenvalue weighted by molar-refractivity contribution is 8.04. The number of halogens is 1. The lowest BCUT2D eigenvalue weighted by Crippen LogP contribution is -2.06. The van der Waals surface area contributed by atoms with E-state index >= 15 is 0 Å². The smallest absolute Gasteiger partial charge is 0.344 e. The highest BCUT2D eigenvalue weighted by Crippen LogP contribution is 2.33. The number of hydrogen-bond acceptors (Lipinski definition) is 5. The van der Waals surface area contributed by atoms with Crippen LogP contribution in [0.2, 0.25) is 5.02 Å². The first kappa shape index (κ1) is 16.6. The van der Waals surface area contributed by atoms with Crippen LogP contribution in [0.25, 0.3) is 0 Å². The zero-order chi connectivity index (χ0) is 15.3. The van der Waals surface area contributed by atoms with Gasteiger partial charge in [0, 0.05) is 16.0 Å². The maximum Gasteiger partial charge on any atom is 0.344 e. The Morgan fingerprint density at radius 2 is 1.80 bits per heavy atom. The molecule has 0 aliphatic heterocycles. The van der Waals surface area contributed by atoms with Crippen molar-refractivity contribution in [2.45, 2.75) is 18.7 Å². The molecule has 0 atom stereocenters. The molecule has 108 valence electrons. The summed E-state index contributed by atoms with van der Waals surface area (Å²) in [5, 5.41) is 0.656. The van der Waals surface area contributed by atoms with Crippen molar-refractivity contribution in [3.8, 4) is 0 Å². The van der Waals surface area contributed by atoms with Gasteiger partial charge in [0.25, 0.3) is 0 Å². The van der Waals surface area contributed by atoms with Gasteiger partial charge in [0.2, 0.25) is 0 Å². The van der Waals surface area contributed by atoms with Gasteiger partial charge in [-0.05, 0) is 37.1 Å². The second-order valence-electron chi connectivity index (χ2n) is 3.99. The van der Waals surface area contributed by atoms with Crippen LogP contribution in [0.1, 0.15) is 11.1 Å². The van der Waals surface area contributed by atoms with Crippen LogP contribution in [-0.2, 0) is 19.1 Å². The van der Waals surface area contributed by atoms with Crippen molar-refractivity contribution in [3.63, 3.8) is 0 Å². The van der Waals surface area contributed by atoms with Crippen LogP contribution < -0.4 is 0 Å². The van der Waals surface area contributed by atoms with Gasteiger partial charge in [0.15, 0.2) is 0 Å². The van der Waals surface area contributed by atoms with E-state index in [1.54, 1.807) is 0 Å². The molecule has 0 bridgehead atoms. The zero-order valence-electron chi connectivity index (χ0n) is 11.7. The number of esters is 2. The van der Waals surface area contributed by atoms with E-state index in [-0.39, 0.29) is 4.91 Å². The molecular weight excluding hydrogens is 300 g/mol. The average molecular weight is 315 g/mol. The molecule has 0 aliphatic carbocycles. The Balaban J connectivity index is 3.14. The molecule has 0 N–H and O–H groups in total. The maximum atomic E-state index is 11.7. The number of carbonyl (C=O) groups is 2. The van der Waals surface area contributed by atoms with Crippen molar-refractivity contribution in [1.82, 2.24) is 0 Å². The molecule has 0 radical (unpaired) electrons. The summed E-state index contributed by atoms with van der Waals surface area (Å²) < 4.78 is 9.19. The molecule has 0 unspecified atom stereocenters. The molecule has 1 rings (SSSR count). The molecule has 6 heteroatoms. The third kappa shape index (κ3) is 4.28. The highest BCUT2D eigenvalue weighted by Gasteiger charge is 2.16. The molecule has 0 amide bonds. The predicted molar refractivity (Wildman–Crippen MR) is 78.9 cm³/mol. The number of carbonyl (C=O) groups excluding carboxylic acids is 2. The zero-order valence-corrected chi connectivity index (χ0v) is 13.2. The minimum atomic E-state index is -0.610. The lowest BCUT2D eigenvalue weighted by molar-refractivity contribution is -0.137. The Morgan fingerprint density at radius 3 is 2.35 bits per heavy atom. The van der Waals surface area contributed by atoms with Gasteiger partial charge in [-0.2, -0.15) is 0 Å². The quantitative estimate of drug-likeness (QED) is 0.485. The first-order chi connectivity index (χ1) is 9.38. The van der Waals surface area contributed by atoms with E-state index in [9.17, 15) is 9.59 Å². The number of hydrogen-bond donors (Lipinski definition) is 0. The number of thioether (sulfide) groups is 1. The Kier molecular flexibility index (Phi) is 6.10. The van der Waals surface area contributed by atoms with Gasteiger partial charge < -0.3 is 9.47 Å². The first-order valence-corrected chi connectivity index (χ1v) is 6.91. The van der Waals surface area contributed by atoms with Crippen molar-refractivity contribution in [3.05, 3.63) is 39.3 Å². The van der Waals surface area contributed by atoms with Crippen LogP contribution in [-0.4, -0.2) is 26.2 Å². The minimum Gasteiger partial charge on any atom is -0.466 e. The summed E-state index contributed by atoms with van der Waals surface area (Å²) in [4.78, 5) is 24.0. The Morgan fingerprint density at radius 1 is 1.15 bits per heavy atom. The number of aryl methyl sites for hydroxylation is 2. The molecular formula is C14H15ClO4S. The van der Waals surface area contributed by atoms with Crippen LogP contribution in [0.3, 0.4) is 0 Å². The van der Waals surface area contributed by atoms with Crippen molar-refractivity contribution in [1.29, 1.82) is 0 Å². The van der Waals surface area contributed by atoms with Crippen LogP contribution in [0.15, 0.2) is 28.0 Å². The summed E-state index contributed by atoms with van der Waals surface area (Å²) >= 11 is 7.17. The fourth-order valence-corrected chi connectivity index (χ4v) is 2.61. The summed E-state index contributed by atoms with van der Waals surface area (Å²) in [6, 6.07) is 3.67. The Bertz CT molecular complexity index is 567. The van der Waals surface area contributed by atoms with Gasteiger partial charge in [0.05, 0.1) is 14.2 Å². The van der Waals surface area contributed by atoms with Gasteiger partial charge in [-0.3, -0.25) is 0 Å². The minimum absolute atomic E-state index is 0.157. The van der Waals surface area contributed by atoms with Crippen molar-refractivity contribution in [2.75, 3.05) is 14.2 Å². The molecule has 0 saturated carbocycles. The molecule has 0 aromatic heterocycles. The standard InChI is InChI=1S/C14H15ClO4S/c1-8-6-11(9(2)5-10(8)15)20-12(14(17)19-4)7-13(16)18-3/h5-7H,1-4H3/b12-7+. The van der Waals surface area contributed by atoms with Gasteiger partial charge in [-0.1, -0.05) is 23.4 Å². The van der Waals surface area contributed by atoms with Crippen LogP contribution in [0.4, 0.5) is 0 Å². The molecule has 20 heavy (non-hydrogen) atoms. The molecule has 0 aliphatic rings. The molecule has 0 heterocycles. The van der Waals surface area contributed by atoms with E-state index in [1.165, 1.54) is 14.2 Å². The van der Waals surface area contributed by atoms with Crippen LogP contribution in [0, 0.1) is 13.8 Å². The summed E-state index contributed by atoms with van der Waals surface area (Å²) in [5.41, 5.74) is 1.80. The molecule has 1 aromatic carbocycles. The first-order valence-electron chi connectivity index (χ1n) is 5.71. The SMILES string of the molecule is COC(=O)/C=C(/Sc1cc(C)c(Cl)cc1C)C(=O)OC. The number of ether oxygens (including phenoxy) is 2. The Labute approximate surface area is 127 Å². The third-order valence-electron chi connectivity index (χ3n) is 2.51. The summed E-state index contributed by atoms with van der Waals surface area (Å²) in [6.07, 6.45) is 1.11. The summed E-state index contributed by atoms with van der Waals surface area (Å²) in [6.45, 7) is 3.74. The lowest BCUT2D eigenvalue weighted by atomic mass is 10.2. The monoisotopic (exact) mass is 314 g/mol. The third-order valence-corrected chi connectivity index (χ3v) is 4.08. The number of benzene rings is 1. The fourth-order valence-electron chi connectivity index (χ4n) is 1.38. The summed E-state index contributed by atoms with van der Waals surface area (Å²) in [5.74, 6) is -1.20. The van der Waals surface area contributed by atoms with E-state index in [4.69, 9.17) is 11.6 Å². The van der Waals surface area contributed by atoms with Gasteiger partial charge in [-0.15, -0.1) is 0 Å². The van der Waals surface area contributed by atoms with Crippen molar-refractivity contribution >= 4 is 35.3 Å². The lowest BCUT2D eigenvalue weighted by Gasteiger charge is -2.10.